The molecule has 12 nitrogen and oxygen atoms in total. The summed E-state index contributed by atoms with van der Waals surface area (Å²) in [4.78, 5) is 75.1. The zero-order valence-electron chi connectivity index (χ0n) is 21.1. The molecule has 1 fully saturated rings. The summed E-state index contributed by atoms with van der Waals surface area (Å²) in [7, 11) is 0. The molecule has 0 aromatic heterocycles. The molecule has 5 amide bonds. The van der Waals surface area contributed by atoms with E-state index in [-0.39, 0.29) is 5.91 Å². The van der Waals surface area contributed by atoms with Gasteiger partial charge in [-0.3, -0.25) is 24.0 Å². The first-order valence-corrected chi connectivity index (χ1v) is 11.1. The summed E-state index contributed by atoms with van der Waals surface area (Å²) in [6.45, 7) is 11.7. The van der Waals surface area contributed by atoms with Crippen LogP contribution >= 0.6 is 0 Å². The fourth-order valence-corrected chi connectivity index (χ4v) is 3.50. The van der Waals surface area contributed by atoms with E-state index in [1.165, 1.54) is 46.4 Å². The maximum atomic E-state index is 13.0. The van der Waals surface area contributed by atoms with Gasteiger partial charge in [-0.25, -0.2) is 4.79 Å². The summed E-state index contributed by atoms with van der Waals surface area (Å²) in [5.41, 5.74) is -4.16. The number of hydrogen-bond acceptors (Lipinski definition) is 6. The molecule has 0 bridgehead atoms. The summed E-state index contributed by atoms with van der Waals surface area (Å²) in [5, 5.41) is 19.1. The lowest BCUT2D eigenvalue weighted by Crippen LogP contribution is -2.63. The normalized spacial score (nSPS) is 17.4. The van der Waals surface area contributed by atoms with E-state index in [0.29, 0.717) is 19.4 Å². The van der Waals surface area contributed by atoms with Gasteiger partial charge in [-0.2, -0.15) is 0 Å². The highest BCUT2D eigenvalue weighted by Gasteiger charge is 2.43. The Labute approximate surface area is 199 Å². The Morgan fingerprint density at radius 2 is 1.44 bits per heavy atom. The van der Waals surface area contributed by atoms with E-state index in [1.54, 1.807) is 13.8 Å². The van der Waals surface area contributed by atoms with Crippen LogP contribution in [-0.2, 0) is 28.8 Å². The van der Waals surface area contributed by atoms with Crippen molar-refractivity contribution in [1.29, 1.82) is 0 Å². The van der Waals surface area contributed by atoms with Crippen molar-refractivity contribution in [1.82, 2.24) is 26.2 Å². The molecule has 0 radical (unpaired) electrons. The summed E-state index contributed by atoms with van der Waals surface area (Å²) in [5.74, 6) is -3.91. The van der Waals surface area contributed by atoms with Crippen LogP contribution in [0.2, 0.25) is 0 Å². The van der Waals surface area contributed by atoms with Gasteiger partial charge in [0, 0.05) is 13.5 Å². The third kappa shape index (κ3) is 7.16. The second-order valence-electron chi connectivity index (χ2n) is 10.2. The minimum absolute atomic E-state index is 0.336. The number of carboxylic acid groups (broad SMARTS) is 1. The molecular formula is C22H37N5O7. The van der Waals surface area contributed by atoms with E-state index in [2.05, 4.69) is 21.3 Å². The van der Waals surface area contributed by atoms with Gasteiger partial charge in [-0.1, -0.05) is 0 Å². The fourth-order valence-electron chi connectivity index (χ4n) is 3.50. The van der Waals surface area contributed by atoms with Gasteiger partial charge in [0.15, 0.2) is 0 Å². The molecule has 192 valence electrons. The maximum Gasteiger partial charge on any atom is 0.328 e. The Balaban J connectivity index is 2.85. The minimum Gasteiger partial charge on any atom is -0.480 e. The van der Waals surface area contributed by atoms with Crippen molar-refractivity contribution in [2.75, 3.05) is 6.54 Å². The molecule has 12 heteroatoms. The van der Waals surface area contributed by atoms with Gasteiger partial charge in [0.1, 0.15) is 28.7 Å². The zero-order valence-corrected chi connectivity index (χ0v) is 21.1. The average Bonchev–Trinajstić information content (AvgIpc) is 3.15. The number of nitrogens with zero attached hydrogens (tertiary/aromatic N) is 1. The predicted molar refractivity (Wildman–Crippen MR) is 122 cm³/mol. The van der Waals surface area contributed by atoms with E-state index in [1.807, 2.05) is 0 Å². The SMILES string of the molecule is CC(=O)NC(C)(C)C(=O)N1CCC[C@H]1C(=O)NC(C)(C)C(=O)N[C@@H](C)C(=O)NC(C)(C)C(=O)O. The van der Waals surface area contributed by atoms with Crippen LogP contribution in [0.1, 0.15) is 68.2 Å². The van der Waals surface area contributed by atoms with Crippen LogP contribution in [0.5, 0.6) is 0 Å². The Morgan fingerprint density at radius 1 is 0.882 bits per heavy atom. The van der Waals surface area contributed by atoms with Crippen molar-refractivity contribution in [3.8, 4) is 0 Å². The van der Waals surface area contributed by atoms with Gasteiger partial charge in [-0.15, -0.1) is 0 Å². The smallest absolute Gasteiger partial charge is 0.328 e. The number of carbonyl (C=O) groups is 6. The van der Waals surface area contributed by atoms with Gasteiger partial charge in [0.05, 0.1) is 0 Å². The molecule has 2 atom stereocenters. The van der Waals surface area contributed by atoms with Crippen LogP contribution < -0.4 is 21.3 Å². The second kappa shape index (κ2) is 10.4. The highest BCUT2D eigenvalue weighted by molar-refractivity contribution is 5.98. The number of nitrogens with one attached hydrogen (secondary N) is 4. The van der Waals surface area contributed by atoms with Crippen LogP contribution in [0.15, 0.2) is 0 Å². The number of carboxylic acids is 1. The van der Waals surface area contributed by atoms with E-state index in [0.717, 1.165) is 0 Å². The van der Waals surface area contributed by atoms with Gasteiger partial charge in [0.25, 0.3) is 0 Å². The molecule has 1 rings (SSSR count). The van der Waals surface area contributed by atoms with Crippen LogP contribution in [0.4, 0.5) is 0 Å². The lowest BCUT2D eigenvalue weighted by Gasteiger charge is -2.34. The lowest BCUT2D eigenvalue weighted by molar-refractivity contribution is -0.146. The van der Waals surface area contributed by atoms with Crippen LogP contribution in [0, 0.1) is 0 Å². The molecule has 0 aromatic rings. The summed E-state index contributed by atoms with van der Waals surface area (Å²) in [6.07, 6.45) is 0.984. The second-order valence-corrected chi connectivity index (χ2v) is 10.2. The van der Waals surface area contributed by atoms with Crippen LogP contribution in [-0.4, -0.2) is 80.8 Å². The molecule has 0 aliphatic carbocycles. The molecule has 0 aromatic carbocycles. The lowest BCUT2D eigenvalue weighted by atomic mass is 10.0. The number of aliphatic carboxylic acids is 1. The monoisotopic (exact) mass is 483 g/mol. The van der Waals surface area contributed by atoms with Gasteiger partial charge in [0.2, 0.25) is 29.5 Å². The Bertz CT molecular complexity index is 866. The first kappa shape index (κ1) is 28.9. The number of amides is 5. The first-order chi connectivity index (χ1) is 15.3. The third-order valence-corrected chi connectivity index (χ3v) is 5.55. The Morgan fingerprint density at radius 3 is 1.94 bits per heavy atom. The fraction of sp³-hybridized carbons (Fsp3) is 0.727. The molecule has 5 N–H and O–H groups in total. The van der Waals surface area contributed by atoms with Gasteiger partial charge < -0.3 is 31.3 Å². The Hall–Kier alpha value is -3.18. The largest absolute Gasteiger partial charge is 0.480 e. The standard InChI is InChI=1S/C22H37N5O7/c1-12(15(29)25-22(7,8)19(33)34)23-17(31)20(3,4)26-16(30)14-10-9-11-27(14)18(32)21(5,6)24-13(2)28/h12,14H,9-11H2,1-8H3,(H,23,31)(H,24,28)(H,25,29)(H,26,30)(H,33,34)/t12-,14-/m0/s1. The van der Waals surface area contributed by atoms with E-state index in [4.69, 9.17) is 5.11 Å². The minimum atomic E-state index is -1.52. The number of likely N-dealkylation sites (tertiary alicyclic amines) is 1. The van der Waals surface area contributed by atoms with Gasteiger partial charge >= 0.3 is 5.97 Å². The summed E-state index contributed by atoms with van der Waals surface area (Å²) in [6, 6.07) is -1.88. The van der Waals surface area contributed by atoms with Crippen LogP contribution in [0.3, 0.4) is 0 Å². The zero-order chi connectivity index (χ0) is 26.6. The van der Waals surface area contributed by atoms with Crippen molar-refractivity contribution < 1.29 is 33.9 Å². The van der Waals surface area contributed by atoms with Crippen molar-refractivity contribution >= 4 is 35.5 Å². The molecule has 0 spiro atoms. The highest BCUT2D eigenvalue weighted by Crippen LogP contribution is 2.22. The number of rotatable bonds is 9. The molecule has 1 heterocycles. The number of carbonyl (C=O) groups excluding carboxylic acids is 5. The van der Waals surface area contributed by atoms with Crippen molar-refractivity contribution in [3.63, 3.8) is 0 Å². The third-order valence-electron chi connectivity index (χ3n) is 5.55. The van der Waals surface area contributed by atoms with E-state index >= 15 is 0 Å². The van der Waals surface area contributed by atoms with E-state index in [9.17, 15) is 28.8 Å². The van der Waals surface area contributed by atoms with Crippen molar-refractivity contribution in [3.05, 3.63) is 0 Å². The Kier molecular flexibility index (Phi) is 8.82. The molecule has 0 saturated carbocycles. The molecule has 34 heavy (non-hydrogen) atoms. The maximum absolute atomic E-state index is 13.0. The van der Waals surface area contributed by atoms with Crippen molar-refractivity contribution in [2.45, 2.75) is 96.9 Å². The summed E-state index contributed by atoms with van der Waals surface area (Å²) < 4.78 is 0. The van der Waals surface area contributed by atoms with E-state index < -0.39 is 58.3 Å². The molecule has 1 saturated heterocycles. The van der Waals surface area contributed by atoms with Crippen LogP contribution in [0.25, 0.3) is 0 Å². The predicted octanol–water partition coefficient (Wildman–Crippen LogP) is -0.729. The molecule has 0 unspecified atom stereocenters. The highest BCUT2D eigenvalue weighted by atomic mass is 16.4. The van der Waals surface area contributed by atoms with Crippen molar-refractivity contribution in [2.24, 2.45) is 0 Å². The molecule has 1 aliphatic heterocycles. The summed E-state index contributed by atoms with van der Waals surface area (Å²) >= 11 is 0. The quantitative estimate of drug-likeness (QED) is 0.287. The molecule has 1 aliphatic rings. The van der Waals surface area contributed by atoms with Gasteiger partial charge in [-0.05, 0) is 61.3 Å². The average molecular weight is 484 g/mol. The first-order valence-electron chi connectivity index (χ1n) is 11.1. The number of hydrogen-bond donors (Lipinski definition) is 5. The molecular weight excluding hydrogens is 446 g/mol. The topological polar surface area (TPSA) is 174 Å².